The Morgan fingerprint density at radius 3 is 2.67 bits per heavy atom. The summed E-state index contributed by atoms with van der Waals surface area (Å²) < 4.78 is 13.0. The number of hydrogen-bond donors (Lipinski definition) is 2. The highest BCUT2D eigenvalue weighted by molar-refractivity contribution is 6.00. The maximum absolute atomic E-state index is 13.0. The van der Waals surface area contributed by atoms with Crippen molar-refractivity contribution in [3.8, 4) is 0 Å². The number of unbranched alkanes of at least 4 members (excludes halogenated alkanes) is 1. The van der Waals surface area contributed by atoms with Crippen molar-refractivity contribution < 1.29 is 14.0 Å². The largest absolute Gasteiger partial charge is 0.299 e. The van der Waals surface area contributed by atoms with Crippen LogP contribution >= 0.6 is 0 Å². The summed E-state index contributed by atoms with van der Waals surface area (Å²) in [4.78, 5) is 23.0. The molecule has 1 aromatic rings. The maximum Gasteiger partial charge on any atom is 0.243 e. The monoisotopic (exact) mass is 292 g/mol. The average Bonchev–Trinajstić information content (AvgIpc) is 2.46. The summed E-state index contributed by atoms with van der Waals surface area (Å²) in [5.41, 5.74) is 0.967. The van der Waals surface area contributed by atoms with Crippen molar-refractivity contribution in [3.63, 3.8) is 0 Å². The maximum atomic E-state index is 13.0. The Labute approximate surface area is 124 Å². The third kappa shape index (κ3) is 4.36. The van der Waals surface area contributed by atoms with Gasteiger partial charge in [-0.25, -0.2) is 4.39 Å². The minimum atomic E-state index is -0.366. The van der Waals surface area contributed by atoms with Crippen molar-refractivity contribution in [2.75, 3.05) is 0 Å². The molecule has 5 heteroatoms. The molecule has 0 aromatic heterocycles. The van der Waals surface area contributed by atoms with E-state index in [9.17, 15) is 14.0 Å². The minimum absolute atomic E-state index is 0.00509. The van der Waals surface area contributed by atoms with Gasteiger partial charge in [0.2, 0.25) is 11.8 Å². The normalized spacial score (nSPS) is 20.2. The number of halogens is 1. The molecular formula is C16H21FN2O2. The Kier molecular flexibility index (Phi) is 5.44. The van der Waals surface area contributed by atoms with Gasteiger partial charge in [-0.3, -0.25) is 20.2 Å². The van der Waals surface area contributed by atoms with Crippen LogP contribution in [0.15, 0.2) is 24.3 Å². The lowest BCUT2D eigenvalue weighted by Gasteiger charge is -2.27. The van der Waals surface area contributed by atoms with Crippen LogP contribution in [-0.2, 0) is 9.59 Å². The van der Waals surface area contributed by atoms with Crippen molar-refractivity contribution in [1.29, 1.82) is 0 Å². The summed E-state index contributed by atoms with van der Waals surface area (Å²) >= 11 is 0. The molecule has 2 rings (SSSR count). The first-order valence-electron chi connectivity index (χ1n) is 7.45. The molecule has 0 bridgehead atoms. The number of rotatable bonds is 6. The molecule has 0 saturated carbocycles. The van der Waals surface area contributed by atoms with Crippen LogP contribution in [0.25, 0.3) is 0 Å². The van der Waals surface area contributed by atoms with E-state index in [1.165, 1.54) is 12.1 Å². The molecule has 2 unspecified atom stereocenters. The first-order valence-corrected chi connectivity index (χ1v) is 7.45. The van der Waals surface area contributed by atoms with E-state index < -0.39 is 0 Å². The smallest absolute Gasteiger partial charge is 0.243 e. The summed E-state index contributed by atoms with van der Waals surface area (Å²) in [6.45, 7) is 2.10. The average molecular weight is 292 g/mol. The Bertz CT molecular complexity index is 502. The molecule has 1 heterocycles. The summed E-state index contributed by atoms with van der Waals surface area (Å²) in [5.74, 6) is -0.756. The van der Waals surface area contributed by atoms with Gasteiger partial charge in [-0.2, -0.15) is 0 Å². The number of amides is 2. The molecule has 1 aliphatic heterocycles. The van der Waals surface area contributed by atoms with Gasteiger partial charge in [-0.1, -0.05) is 31.9 Å². The van der Waals surface area contributed by atoms with Gasteiger partial charge in [0.1, 0.15) is 5.82 Å². The van der Waals surface area contributed by atoms with Crippen molar-refractivity contribution in [2.45, 2.75) is 51.1 Å². The van der Waals surface area contributed by atoms with Gasteiger partial charge in [-0.15, -0.1) is 0 Å². The molecule has 1 saturated heterocycles. The minimum Gasteiger partial charge on any atom is -0.299 e. The number of hydrogen-bond acceptors (Lipinski definition) is 3. The second-order valence-corrected chi connectivity index (χ2v) is 5.42. The van der Waals surface area contributed by atoms with E-state index >= 15 is 0 Å². The van der Waals surface area contributed by atoms with Crippen LogP contribution in [0.2, 0.25) is 0 Å². The lowest BCUT2D eigenvalue weighted by atomic mass is 9.98. The first-order chi connectivity index (χ1) is 10.1. The van der Waals surface area contributed by atoms with Crippen LogP contribution in [0.1, 0.15) is 50.6 Å². The predicted molar refractivity (Wildman–Crippen MR) is 78.0 cm³/mol. The van der Waals surface area contributed by atoms with Crippen LogP contribution < -0.4 is 10.6 Å². The molecule has 1 aromatic carbocycles. The SMILES string of the molecule is CCCCC(NC1CCC(=O)NC1=O)c1ccc(F)cc1. The first kappa shape index (κ1) is 15.6. The van der Waals surface area contributed by atoms with Gasteiger partial charge in [-0.05, 0) is 30.5 Å². The van der Waals surface area contributed by atoms with Gasteiger partial charge < -0.3 is 0 Å². The van der Waals surface area contributed by atoms with Crippen molar-refractivity contribution >= 4 is 11.8 Å². The van der Waals surface area contributed by atoms with E-state index in [1.807, 2.05) is 0 Å². The molecule has 0 radical (unpaired) electrons. The van der Waals surface area contributed by atoms with E-state index in [2.05, 4.69) is 17.6 Å². The molecular weight excluding hydrogens is 271 g/mol. The van der Waals surface area contributed by atoms with Crippen LogP contribution in [0.3, 0.4) is 0 Å². The van der Waals surface area contributed by atoms with Crippen molar-refractivity contribution in [1.82, 2.24) is 10.6 Å². The highest BCUT2D eigenvalue weighted by atomic mass is 19.1. The van der Waals surface area contributed by atoms with Gasteiger partial charge in [0.05, 0.1) is 6.04 Å². The lowest BCUT2D eigenvalue weighted by Crippen LogP contribution is -2.51. The summed E-state index contributed by atoms with van der Waals surface area (Å²) in [6.07, 6.45) is 3.80. The second kappa shape index (κ2) is 7.31. The molecule has 1 aliphatic rings. The molecule has 2 amide bonds. The third-order valence-corrected chi connectivity index (χ3v) is 3.76. The third-order valence-electron chi connectivity index (χ3n) is 3.76. The Hall–Kier alpha value is -1.75. The van der Waals surface area contributed by atoms with E-state index in [0.717, 1.165) is 24.8 Å². The number of benzene rings is 1. The molecule has 4 nitrogen and oxygen atoms in total. The van der Waals surface area contributed by atoms with E-state index in [1.54, 1.807) is 12.1 Å². The number of nitrogens with one attached hydrogen (secondary N) is 2. The second-order valence-electron chi connectivity index (χ2n) is 5.42. The molecule has 2 N–H and O–H groups in total. The fourth-order valence-electron chi connectivity index (χ4n) is 2.54. The number of carbonyl (C=O) groups excluding carboxylic acids is 2. The topological polar surface area (TPSA) is 58.2 Å². The molecule has 21 heavy (non-hydrogen) atoms. The highest BCUT2D eigenvalue weighted by Crippen LogP contribution is 2.22. The predicted octanol–water partition coefficient (Wildman–Crippen LogP) is 2.45. The quantitative estimate of drug-likeness (QED) is 0.792. The van der Waals surface area contributed by atoms with Crippen LogP contribution in [0, 0.1) is 5.82 Å². The van der Waals surface area contributed by atoms with Crippen molar-refractivity contribution in [2.24, 2.45) is 0 Å². The standard InChI is InChI=1S/C16H21FN2O2/c1-2-3-4-13(11-5-7-12(17)8-6-11)18-14-9-10-15(20)19-16(14)21/h5-8,13-14,18H,2-4,9-10H2,1H3,(H,19,20,21). The van der Waals surface area contributed by atoms with Gasteiger partial charge in [0.25, 0.3) is 0 Å². The Morgan fingerprint density at radius 1 is 1.33 bits per heavy atom. The highest BCUT2D eigenvalue weighted by Gasteiger charge is 2.28. The van der Waals surface area contributed by atoms with Crippen LogP contribution in [0.4, 0.5) is 4.39 Å². The zero-order chi connectivity index (χ0) is 15.2. The number of imide groups is 1. The Balaban J connectivity index is 2.07. The summed E-state index contributed by atoms with van der Waals surface area (Å²) in [6, 6.07) is 5.98. The zero-order valence-electron chi connectivity index (χ0n) is 12.2. The fourth-order valence-corrected chi connectivity index (χ4v) is 2.54. The van der Waals surface area contributed by atoms with Crippen LogP contribution in [0.5, 0.6) is 0 Å². The number of carbonyl (C=O) groups is 2. The van der Waals surface area contributed by atoms with E-state index in [0.29, 0.717) is 12.8 Å². The van der Waals surface area contributed by atoms with Crippen molar-refractivity contribution in [3.05, 3.63) is 35.6 Å². The molecule has 114 valence electrons. The zero-order valence-corrected chi connectivity index (χ0v) is 12.2. The van der Waals surface area contributed by atoms with Gasteiger partial charge >= 0.3 is 0 Å². The molecule has 1 fully saturated rings. The van der Waals surface area contributed by atoms with Gasteiger partial charge in [0.15, 0.2) is 0 Å². The van der Waals surface area contributed by atoms with E-state index in [-0.39, 0.29) is 29.7 Å². The molecule has 0 aliphatic carbocycles. The number of piperidine rings is 1. The molecule has 2 atom stereocenters. The van der Waals surface area contributed by atoms with Crippen LogP contribution in [-0.4, -0.2) is 17.9 Å². The Morgan fingerprint density at radius 2 is 2.05 bits per heavy atom. The van der Waals surface area contributed by atoms with Gasteiger partial charge in [0, 0.05) is 12.5 Å². The lowest BCUT2D eigenvalue weighted by molar-refractivity contribution is -0.134. The summed E-state index contributed by atoms with van der Waals surface area (Å²) in [7, 11) is 0. The molecule has 0 spiro atoms. The summed E-state index contributed by atoms with van der Waals surface area (Å²) in [5, 5.41) is 5.66. The van der Waals surface area contributed by atoms with E-state index in [4.69, 9.17) is 0 Å². The fraction of sp³-hybridized carbons (Fsp3) is 0.500.